The number of carbonyl (C=O) groups excluding carboxylic acids is 1. The maximum Gasteiger partial charge on any atom is 0.331 e. The van der Waals surface area contributed by atoms with Crippen molar-refractivity contribution in [2.75, 3.05) is 19.6 Å². The summed E-state index contributed by atoms with van der Waals surface area (Å²) in [7, 11) is 0. The molecule has 1 aromatic rings. The predicted octanol–water partition coefficient (Wildman–Crippen LogP) is 2.71. The standard InChI is InChI=1S/C15H21NO3/c1-2-9-16-10-7-14(8-11-16)19-15(17)6-5-13-4-3-12-18-13/h3-6,12,14H,2,7-11H2,1H3/b6-5-. The van der Waals surface area contributed by atoms with Gasteiger partial charge in [0.15, 0.2) is 0 Å². The molecule has 0 bridgehead atoms. The number of carbonyl (C=O) groups is 1. The second-order valence-electron chi connectivity index (χ2n) is 4.83. The van der Waals surface area contributed by atoms with E-state index in [4.69, 9.17) is 9.15 Å². The molecule has 1 aromatic heterocycles. The van der Waals surface area contributed by atoms with Crippen LogP contribution in [0.2, 0.25) is 0 Å². The molecule has 0 aromatic carbocycles. The lowest BCUT2D eigenvalue weighted by molar-refractivity contribution is -0.145. The molecule has 4 heteroatoms. The second kappa shape index (κ2) is 7.14. The van der Waals surface area contributed by atoms with E-state index in [1.165, 1.54) is 12.5 Å². The Morgan fingerprint density at radius 3 is 2.95 bits per heavy atom. The number of hydrogen-bond donors (Lipinski definition) is 0. The monoisotopic (exact) mass is 263 g/mol. The third-order valence-electron chi connectivity index (χ3n) is 3.28. The van der Waals surface area contributed by atoms with Crippen molar-refractivity contribution >= 4 is 12.0 Å². The van der Waals surface area contributed by atoms with Crippen LogP contribution in [-0.4, -0.2) is 36.6 Å². The number of piperidine rings is 1. The minimum absolute atomic E-state index is 0.0573. The molecule has 1 fully saturated rings. The van der Waals surface area contributed by atoms with Crippen molar-refractivity contribution < 1.29 is 13.9 Å². The van der Waals surface area contributed by atoms with Gasteiger partial charge in [0.1, 0.15) is 11.9 Å². The van der Waals surface area contributed by atoms with Crippen LogP contribution in [-0.2, 0) is 9.53 Å². The minimum Gasteiger partial charge on any atom is -0.465 e. The summed E-state index contributed by atoms with van der Waals surface area (Å²) in [4.78, 5) is 14.1. The van der Waals surface area contributed by atoms with Gasteiger partial charge in [-0.3, -0.25) is 0 Å². The molecule has 0 radical (unpaired) electrons. The molecule has 0 N–H and O–H groups in total. The van der Waals surface area contributed by atoms with Crippen molar-refractivity contribution in [2.45, 2.75) is 32.3 Å². The fourth-order valence-electron chi connectivity index (χ4n) is 2.31. The molecule has 0 atom stereocenters. The number of nitrogens with zero attached hydrogens (tertiary/aromatic N) is 1. The summed E-state index contributed by atoms with van der Waals surface area (Å²) in [5.41, 5.74) is 0. The van der Waals surface area contributed by atoms with Gasteiger partial charge in [0.25, 0.3) is 0 Å². The average Bonchev–Trinajstić information content (AvgIpc) is 2.92. The van der Waals surface area contributed by atoms with Crippen LogP contribution in [0.4, 0.5) is 0 Å². The Labute approximate surface area is 114 Å². The zero-order valence-electron chi connectivity index (χ0n) is 11.4. The maximum atomic E-state index is 11.6. The number of ether oxygens (including phenoxy) is 1. The summed E-state index contributed by atoms with van der Waals surface area (Å²) in [6.45, 7) is 5.37. The molecule has 4 nitrogen and oxygen atoms in total. The van der Waals surface area contributed by atoms with Crippen LogP contribution in [0.3, 0.4) is 0 Å². The van der Waals surface area contributed by atoms with Crippen molar-refractivity contribution in [2.24, 2.45) is 0 Å². The zero-order valence-corrected chi connectivity index (χ0v) is 11.4. The van der Waals surface area contributed by atoms with Crippen LogP contribution >= 0.6 is 0 Å². The lowest BCUT2D eigenvalue weighted by atomic mass is 10.1. The molecule has 1 aliphatic rings. The number of esters is 1. The maximum absolute atomic E-state index is 11.6. The molecule has 104 valence electrons. The first-order valence-corrected chi connectivity index (χ1v) is 6.92. The molecule has 0 spiro atoms. The molecule has 0 amide bonds. The molecule has 1 saturated heterocycles. The summed E-state index contributed by atoms with van der Waals surface area (Å²) < 4.78 is 10.5. The first-order chi connectivity index (χ1) is 9.28. The van der Waals surface area contributed by atoms with Crippen LogP contribution in [0.15, 0.2) is 28.9 Å². The van der Waals surface area contributed by atoms with Crippen LogP contribution < -0.4 is 0 Å². The largest absolute Gasteiger partial charge is 0.465 e. The minimum atomic E-state index is -0.287. The Bertz CT molecular complexity index is 403. The highest BCUT2D eigenvalue weighted by molar-refractivity contribution is 5.86. The Morgan fingerprint density at radius 1 is 1.53 bits per heavy atom. The van der Waals surface area contributed by atoms with Crippen LogP contribution in [0.1, 0.15) is 31.9 Å². The van der Waals surface area contributed by atoms with Crippen LogP contribution in [0.25, 0.3) is 6.08 Å². The number of rotatable bonds is 5. The van der Waals surface area contributed by atoms with E-state index in [-0.39, 0.29) is 12.1 Å². The number of furan rings is 1. The van der Waals surface area contributed by atoms with E-state index in [1.807, 2.05) is 0 Å². The Morgan fingerprint density at radius 2 is 2.32 bits per heavy atom. The highest BCUT2D eigenvalue weighted by Crippen LogP contribution is 2.14. The fourth-order valence-corrected chi connectivity index (χ4v) is 2.31. The summed E-state index contributed by atoms with van der Waals surface area (Å²) in [6.07, 6.45) is 7.74. The molecule has 0 unspecified atom stereocenters. The Kier molecular flexibility index (Phi) is 5.21. The molecular weight excluding hydrogens is 242 g/mol. The highest BCUT2D eigenvalue weighted by atomic mass is 16.5. The molecular formula is C15H21NO3. The Hall–Kier alpha value is -1.55. The van der Waals surface area contributed by atoms with Gasteiger partial charge >= 0.3 is 5.97 Å². The van der Waals surface area contributed by atoms with Crippen molar-refractivity contribution in [3.63, 3.8) is 0 Å². The topological polar surface area (TPSA) is 42.7 Å². The zero-order chi connectivity index (χ0) is 13.5. The molecule has 1 aliphatic heterocycles. The molecule has 2 heterocycles. The van der Waals surface area contributed by atoms with E-state index >= 15 is 0 Å². The average molecular weight is 263 g/mol. The fraction of sp³-hybridized carbons (Fsp3) is 0.533. The van der Waals surface area contributed by atoms with Gasteiger partial charge in [0.2, 0.25) is 0 Å². The van der Waals surface area contributed by atoms with Gasteiger partial charge in [-0.15, -0.1) is 0 Å². The molecule has 19 heavy (non-hydrogen) atoms. The van der Waals surface area contributed by atoms with Gasteiger partial charge in [0, 0.05) is 19.2 Å². The molecule has 0 aliphatic carbocycles. The lowest BCUT2D eigenvalue weighted by Gasteiger charge is -2.31. The van der Waals surface area contributed by atoms with Gasteiger partial charge < -0.3 is 14.1 Å². The van der Waals surface area contributed by atoms with Crippen LogP contribution in [0.5, 0.6) is 0 Å². The normalized spacial score (nSPS) is 17.9. The summed E-state index contributed by atoms with van der Waals surface area (Å²) in [5, 5.41) is 0. The Balaban J connectivity index is 1.72. The summed E-state index contributed by atoms with van der Waals surface area (Å²) in [5.74, 6) is 0.375. The van der Waals surface area contributed by atoms with Gasteiger partial charge in [0.05, 0.1) is 6.26 Å². The first-order valence-electron chi connectivity index (χ1n) is 6.92. The van der Waals surface area contributed by atoms with E-state index in [2.05, 4.69) is 11.8 Å². The molecule has 0 saturated carbocycles. The van der Waals surface area contributed by atoms with Gasteiger partial charge in [-0.2, -0.15) is 0 Å². The van der Waals surface area contributed by atoms with Crippen molar-refractivity contribution in [1.29, 1.82) is 0 Å². The third-order valence-corrected chi connectivity index (χ3v) is 3.28. The van der Waals surface area contributed by atoms with E-state index in [0.29, 0.717) is 5.76 Å². The molecule has 2 rings (SSSR count). The number of likely N-dealkylation sites (tertiary alicyclic amines) is 1. The van der Waals surface area contributed by atoms with Gasteiger partial charge in [-0.25, -0.2) is 4.79 Å². The van der Waals surface area contributed by atoms with Gasteiger partial charge in [-0.1, -0.05) is 6.92 Å². The van der Waals surface area contributed by atoms with E-state index in [9.17, 15) is 4.79 Å². The predicted molar refractivity (Wildman–Crippen MR) is 73.6 cm³/mol. The third kappa shape index (κ3) is 4.56. The quantitative estimate of drug-likeness (QED) is 0.605. The van der Waals surface area contributed by atoms with E-state index < -0.39 is 0 Å². The van der Waals surface area contributed by atoms with Crippen LogP contribution in [0, 0.1) is 0 Å². The summed E-state index contributed by atoms with van der Waals surface area (Å²) in [6, 6.07) is 3.58. The SMILES string of the molecule is CCCN1CCC(OC(=O)/C=C\c2ccco2)CC1. The van der Waals surface area contributed by atoms with Crippen molar-refractivity contribution in [3.8, 4) is 0 Å². The highest BCUT2D eigenvalue weighted by Gasteiger charge is 2.20. The van der Waals surface area contributed by atoms with Gasteiger partial charge in [-0.05, 0) is 44.0 Å². The summed E-state index contributed by atoms with van der Waals surface area (Å²) >= 11 is 0. The van der Waals surface area contributed by atoms with E-state index in [1.54, 1.807) is 24.5 Å². The first kappa shape index (κ1) is 13.9. The van der Waals surface area contributed by atoms with Crippen molar-refractivity contribution in [1.82, 2.24) is 4.90 Å². The lowest BCUT2D eigenvalue weighted by Crippen LogP contribution is -2.38. The van der Waals surface area contributed by atoms with E-state index in [0.717, 1.165) is 32.5 Å². The smallest absolute Gasteiger partial charge is 0.331 e. The number of hydrogen-bond acceptors (Lipinski definition) is 4. The van der Waals surface area contributed by atoms with Crippen molar-refractivity contribution in [3.05, 3.63) is 30.2 Å². The second-order valence-corrected chi connectivity index (χ2v) is 4.83.